The van der Waals surface area contributed by atoms with E-state index in [0.717, 1.165) is 45.1 Å². The summed E-state index contributed by atoms with van der Waals surface area (Å²) in [5.74, 6) is 0.374. The molecule has 0 aromatic carbocycles. The molecule has 0 N–H and O–H groups in total. The molecule has 0 atom stereocenters. The van der Waals surface area contributed by atoms with Crippen LogP contribution in [-0.2, 0) is 9.22 Å². The highest BCUT2D eigenvalue weighted by atomic mass is 28.4. The number of carbonyl (C=O) groups is 1. The number of hydrogen-bond acceptors (Lipinski definition) is 2. The van der Waals surface area contributed by atoms with Crippen LogP contribution in [0.2, 0.25) is 18.1 Å². The van der Waals surface area contributed by atoms with E-state index in [1.807, 2.05) is 0 Å². The Balaban J connectivity index is 1.84. The second-order valence-electron chi connectivity index (χ2n) is 8.00. The molecule has 2 fully saturated rings. The SMILES string of the molecule is CC(C)(C)[Si](C)(C)OC1CCC(N2CCCC2=O)CC1. The Hall–Kier alpha value is -0.353. The van der Waals surface area contributed by atoms with Crippen molar-refractivity contribution >= 4 is 14.2 Å². The number of carbonyl (C=O) groups excluding carboxylic acids is 1. The molecular formula is C16H31NO2Si. The van der Waals surface area contributed by atoms with Gasteiger partial charge in [-0.25, -0.2) is 0 Å². The molecule has 1 aliphatic heterocycles. The Morgan fingerprint density at radius 1 is 1.15 bits per heavy atom. The smallest absolute Gasteiger partial charge is 0.222 e. The Bertz CT molecular complexity index is 354. The van der Waals surface area contributed by atoms with Crippen LogP contribution in [0.3, 0.4) is 0 Å². The van der Waals surface area contributed by atoms with Gasteiger partial charge < -0.3 is 9.33 Å². The molecule has 1 aliphatic carbocycles. The Morgan fingerprint density at radius 3 is 2.20 bits per heavy atom. The highest BCUT2D eigenvalue weighted by molar-refractivity contribution is 6.74. The largest absolute Gasteiger partial charge is 0.414 e. The number of nitrogens with zero attached hydrogens (tertiary/aromatic N) is 1. The van der Waals surface area contributed by atoms with Crippen LogP contribution >= 0.6 is 0 Å². The molecule has 0 unspecified atom stereocenters. The molecule has 116 valence electrons. The lowest BCUT2D eigenvalue weighted by Crippen LogP contribution is -2.46. The number of rotatable bonds is 3. The van der Waals surface area contributed by atoms with Crippen LogP contribution < -0.4 is 0 Å². The van der Waals surface area contributed by atoms with Crippen LogP contribution in [0, 0.1) is 0 Å². The molecule has 0 bridgehead atoms. The first-order chi connectivity index (χ1) is 9.21. The maximum absolute atomic E-state index is 11.8. The van der Waals surface area contributed by atoms with Crippen LogP contribution in [0.5, 0.6) is 0 Å². The summed E-state index contributed by atoms with van der Waals surface area (Å²) in [5, 5.41) is 0.286. The van der Waals surface area contributed by atoms with Gasteiger partial charge in [0.1, 0.15) is 0 Å². The minimum atomic E-state index is -1.64. The van der Waals surface area contributed by atoms with Gasteiger partial charge in [0, 0.05) is 25.1 Å². The van der Waals surface area contributed by atoms with Crippen molar-refractivity contribution in [3.63, 3.8) is 0 Å². The summed E-state index contributed by atoms with van der Waals surface area (Å²) in [7, 11) is -1.64. The fourth-order valence-electron chi connectivity index (χ4n) is 3.12. The minimum absolute atomic E-state index is 0.286. The van der Waals surface area contributed by atoms with Crippen molar-refractivity contribution < 1.29 is 9.22 Å². The summed E-state index contributed by atoms with van der Waals surface area (Å²) < 4.78 is 6.52. The predicted molar refractivity (Wildman–Crippen MR) is 85.3 cm³/mol. The zero-order valence-corrected chi connectivity index (χ0v) is 14.9. The van der Waals surface area contributed by atoms with Crippen molar-refractivity contribution in [3.05, 3.63) is 0 Å². The zero-order chi connectivity index (χ0) is 15.0. The normalized spacial score (nSPS) is 29.1. The highest BCUT2D eigenvalue weighted by Crippen LogP contribution is 2.39. The van der Waals surface area contributed by atoms with Crippen LogP contribution in [0.1, 0.15) is 59.3 Å². The van der Waals surface area contributed by atoms with Gasteiger partial charge in [-0.3, -0.25) is 4.79 Å². The summed E-state index contributed by atoms with van der Waals surface area (Å²) in [6.07, 6.45) is 6.75. The Morgan fingerprint density at radius 2 is 1.75 bits per heavy atom. The fourth-order valence-corrected chi connectivity index (χ4v) is 4.55. The number of likely N-dealkylation sites (tertiary alicyclic amines) is 1. The van der Waals surface area contributed by atoms with Gasteiger partial charge in [0.2, 0.25) is 5.91 Å². The first-order valence-electron chi connectivity index (χ1n) is 8.18. The van der Waals surface area contributed by atoms with Gasteiger partial charge in [-0.05, 0) is 50.2 Å². The molecule has 2 rings (SSSR count). The van der Waals surface area contributed by atoms with Gasteiger partial charge in [-0.2, -0.15) is 0 Å². The third-order valence-electron chi connectivity index (χ3n) is 5.46. The molecule has 0 radical (unpaired) electrons. The molecule has 1 saturated heterocycles. The van der Waals surface area contributed by atoms with Gasteiger partial charge in [-0.15, -0.1) is 0 Å². The van der Waals surface area contributed by atoms with E-state index in [2.05, 4.69) is 38.8 Å². The second kappa shape index (κ2) is 5.80. The summed E-state index contributed by atoms with van der Waals surface area (Å²) >= 11 is 0. The second-order valence-corrected chi connectivity index (χ2v) is 12.8. The number of hydrogen-bond donors (Lipinski definition) is 0. The van der Waals surface area contributed by atoms with Gasteiger partial charge in [0.25, 0.3) is 0 Å². The van der Waals surface area contributed by atoms with Crippen LogP contribution in [0.4, 0.5) is 0 Å². The Kier molecular flexibility index (Phi) is 4.65. The fraction of sp³-hybridized carbons (Fsp3) is 0.938. The standard InChI is InChI=1S/C16H31NO2Si/c1-16(2,3)20(4,5)19-14-10-8-13(9-11-14)17-12-6-7-15(17)18/h13-14H,6-12H2,1-5H3. The van der Waals surface area contributed by atoms with Gasteiger partial charge >= 0.3 is 0 Å². The van der Waals surface area contributed by atoms with Crippen LogP contribution in [0.25, 0.3) is 0 Å². The average molecular weight is 298 g/mol. The van der Waals surface area contributed by atoms with E-state index in [0.29, 0.717) is 18.1 Å². The monoisotopic (exact) mass is 297 g/mol. The molecule has 20 heavy (non-hydrogen) atoms. The molecule has 1 saturated carbocycles. The first kappa shape index (κ1) is 16.0. The zero-order valence-electron chi connectivity index (χ0n) is 13.9. The minimum Gasteiger partial charge on any atom is -0.414 e. The van der Waals surface area contributed by atoms with Crippen molar-refractivity contribution in [1.82, 2.24) is 4.90 Å². The third kappa shape index (κ3) is 3.45. The van der Waals surface area contributed by atoms with E-state index in [9.17, 15) is 4.79 Å². The van der Waals surface area contributed by atoms with Crippen molar-refractivity contribution in [2.75, 3.05) is 6.54 Å². The van der Waals surface area contributed by atoms with Gasteiger partial charge in [-0.1, -0.05) is 20.8 Å². The lowest BCUT2D eigenvalue weighted by molar-refractivity contribution is -0.130. The third-order valence-corrected chi connectivity index (χ3v) is 10.00. The van der Waals surface area contributed by atoms with Crippen LogP contribution in [0.15, 0.2) is 0 Å². The van der Waals surface area contributed by atoms with Crippen molar-refractivity contribution in [1.29, 1.82) is 0 Å². The van der Waals surface area contributed by atoms with E-state index in [1.54, 1.807) is 0 Å². The summed E-state index contributed by atoms with van der Waals surface area (Å²) in [4.78, 5) is 13.9. The van der Waals surface area contributed by atoms with Gasteiger partial charge in [0.15, 0.2) is 8.32 Å². The van der Waals surface area contributed by atoms with E-state index in [1.165, 1.54) is 0 Å². The van der Waals surface area contributed by atoms with E-state index < -0.39 is 8.32 Å². The average Bonchev–Trinajstić information content (AvgIpc) is 2.74. The van der Waals surface area contributed by atoms with Crippen molar-refractivity contribution in [2.24, 2.45) is 0 Å². The maximum Gasteiger partial charge on any atom is 0.222 e. The summed E-state index contributed by atoms with van der Waals surface area (Å²) in [6, 6.07) is 0.490. The van der Waals surface area contributed by atoms with Crippen molar-refractivity contribution in [2.45, 2.75) is 89.6 Å². The predicted octanol–water partition coefficient (Wildman–Crippen LogP) is 3.94. The lowest BCUT2D eigenvalue weighted by atomic mass is 9.92. The molecule has 3 nitrogen and oxygen atoms in total. The van der Waals surface area contributed by atoms with E-state index >= 15 is 0 Å². The molecule has 0 spiro atoms. The maximum atomic E-state index is 11.8. The van der Waals surface area contributed by atoms with Crippen LogP contribution in [-0.4, -0.2) is 37.8 Å². The topological polar surface area (TPSA) is 29.5 Å². The Labute approximate surface area is 125 Å². The van der Waals surface area contributed by atoms with Gasteiger partial charge in [0.05, 0.1) is 0 Å². The molecule has 0 aromatic rings. The molecular weight excluding hydrogens is 266 g/mol. The lowest BCUT2D eigenvalue weighted by Gasteiger charge is -2.42. The highest BCUT2D eigenvalue weighted by Gasteiger charge is 2.40. The summed E-state index contributed by atoms with van der Waals surface area (Å²) in [5.41, 5.74) is 0. The molecule has 4 heteroatoms. The first-order valence-corrected chi connectivity index (χ1v) is 11.1. The molecule has 1 amide bonds. The molecule has 0 aromatic heterocycles. The number of amides is 1. The quantitative estimate of drug-likeness (QED) is 0.738. The summed E-state index contributed by atoms with van der Waals surface area (Å²) in [6.45, 7) is 12.6. The molecule has 2 aliphatic rings. The van der Waals surface area contributed by atoms with Crippen molar-refractivity contribution in [3.8, 4) is 0 Å². The van der Waals surface area contributed by atoms with E-state index in [-0.39, 0.29) is 5.04 Å². The van der Waals surface area contributed by atoms with E-state index in [4.69, 9.17) is 4.43 Å². The molecule has 1 heterocycles.